The van der Waals surface area contributed by atoms with Crippen molar-refractivity contribution >= 4 is 17.7 Å². The third-order valence-corrected chi connectivity index (χ3v) is 5.66. The van der Waals surface area contributed by atoms with Crippen LogP contribution in [0.1, 0.15) is 52.8 Å². The lowest BCUT2D eigenvalue weighted by Crippen LogP contribution is -2.51. The Bertz CT molecular complexity index is 829. The predicted molar refractivity (Wildman–Crippen MR) is 103 cm³/mol. The highest BCUT2D eigenvalue weighted by Crippen LogP contribution is 2.34. The molecular formula is C21H25N3O4. The number of ether oxygens (including phenoxy) is 1. The lowest BCUT2D eigenvalue weighted by atomic mass is 10.0. The van der Waals surface area contributed by atoms with Gasteiger partial charge in [-0.15, -0.1) is 0 Å². The van der Waals surface area contributed by atoms with E-state index in [-0.39, 0.29) is 11.5 Å². The number of amides is 3. The normalized spacial score (nSPS) is 23.0. The summed E-state index contributed by atoms with van der Waals surface area (Å²) >= 11 is 0. The van der Waals surface area contributed by atoms with Crippen LogP contribution in [0.4, 0.5) is 0 Å². The van der Waals surface area contributed by atoms with Crippen molar-refractivity contribution in [3.05, 3.63) is 41.6 Å². The summed E-state index contributed by atoms with van der Waals surface area (Å²) in [6.07, 6.45) is 4.62. The maximum Gasteiger partial charge on any atom is 0.266 e. The van der Waals surface area contributed by atoms with Crippen LogP contribution in [-0.4, -0.2) is 59.8 Å². The molecule has 3 heterocycles. The number of benzene rings is 1. The molecule has 3 aliphatic heterocycles. The van der Waals surface area contributed by atoms with Crippen molar-refractivity contribution < 1.29 is 19.1 Å². The van der Waals surface area contributed by atoms with Crippen molar-refractivity contribution in [1.82, 2.24) is 15.1 Å². The number of likely N-dealkylation sites (tertiary alicyclic amines) is 1. The van der Waals surface area contributed by atoms with E-state index in [1.54, 1.807) is 18.2 Å². The molecule has 0 spiro atoms. The minimum Gasteiger partial charge on any atom is -0.491 e. The summed E-state index contributed by atoms with van der Waals surface area (Å²) in [7, 11) is 0. The molecule has 0 aliphatic carbocycles. The highest BCUT2D eigenvalue weighted by atomic mass is 16.5. The van der Waals surface area contributed by atoms with E-state index in [9.17, 15) is 14.4 Å². The minimum absolute atomic E-state index is 0.267. The second-order valence-electron chi connectivity index (χ2n) is 7.56. The van der Waals surface area contributed by atoms with Gasteiger partial charge in [-0.25, -0.2) is 0 Å². The van der Waals surface area contributed by atoms with Crippen LogP contribution in [0.2, 0.25) is 0 Å². The van der Waals surface area contributed by atoms with Crippen LogP contribution in [0.5, 0.6) is 5.75 Å². The third kappa shape index (κ3) is 3.42. The van der Waals surface area contributed by atoms with Gasteiger partial charge in [0.1, 0.15) is 18.4 Å². The monoisotopic (exact) mass is 383 g/mol. The predicted octanol–water partition coefficient (Wildman–Crippen LogP) is 1.94. The molecule has 4 rings (SSSR count). The molecule has 1 aromatic rings. The van der Waals surface area contributed by atoms with Crippen LogP contribution in [0.3, 0.4) is 0 Å². The molecule has 0 bridgehead atoms. The fraction of sp³-hybridized carbons (Fsp3) is 0.476. The summed E-state index contributed by atoms with van der Waals surface area (Å²) in [5.74, 6) is -0.843. The molecule has 1 N–H and O–H groups in total. The maximum atomic E-state index is 13.0. The first-order chi connectivity index (χ1) is 13.6. The van der Waals surface area contributed by atoms with E-state index in [0.29, 0.717) is 36.5 Å². The van der Waals surface area contributed by atoms with Crippen LogP contribution in [0.25, 0.3) is 0 Å². The van der Waals surface area contributed by atoms with Gasteiger partial charge in [-0.1, -0.05) is 19.1 Å². The summed E-state index contributed by atoms with van der Waals surface area (Å²) in [5.41, 5.74) is 1.18. The SMILES string of the molecule is C=C1CCC(N2C(=O)c3cccc(OCCN4CCCCC4)c3C2=O)C(=O)N1. The van der Waals surface area contributed by atoms with Crippen LogP contribution in [-0.2, 0) is 4.79 Å². The van der Waals surface area contributed by atoms with Crippen LogP contribution >= 0.6 is 0 Å². The fourth-order valence-corrected chi connectivity index (χ4v) is 4.15. The summed E-state index contributed by atoms with van der Waals surface area (Å²) in [6, 6.07) is 4.24. The van der Waals surface area contributed by atoms with E-state index in [1.165, 1.54) is 19.3 Å². The van der Waals surface area contributed by atoms with Gasteiger partial charge < -0.3 is 10.1 Å². The number of nitrogens with zero attached hydrogens (tertiary/aromatic N) is 2. The molecule has 2 fully saturated rings. The van der Waals surface area contributed by atoms with Gasteiger partial charge in [0.25, 0.3) is 11.8 Å². The van der Waals surface area contributed by atoms with Crippen LogP contribution < -0.4 is 10.1 Å². The van der Waals surface area contributed by atoms with Gasteiger partial charge >= 0.3 is 0 Å². The second kappa shape index (κ2) is 7.75. The first-order valence-corrected chi connectivity index (χ1v) is 9.91. The van der Waals surface area contributed by atoms with Gasteiger partial charge in [0.05, 0.1) is 11.1 Å². The molecule has 1 atom stereocenters. The molecule has 0 radical (unpaired) electrons. The number of carbonyl (C=O) groups is 3. The number of fused-ring (bicyclic) bond motifs is 1. The zero-order valence-electron chi connectivity index (χ0n) is 15.9. The number of nitrogens with one attached hydrogen (secondary N) is 1. The van der Waals surface area contributed by atoms with Crippen molar-refractivity contribution in [2.45, 2.75) is 38.1 Å². The molecular weight excluding hydrogens is 358 g/mol. The van der Waals surface area contributed by atoms with E-state index in [0.717, 1.165) is 24.5 Å². The van der Waals surface area contributed by atoms with Crippen molar-refractivity contribution in [3.8, 4) is 5.75 Å². The Labute approximate surface area is 164 Å². The number of allylic oxidation sites excluding steroid dienone is 1. The maximum absolute atomic E-state index is 13.0. The molecule has 1 unspecified atom stereocenters. The van der Waals surface area contributed by atoms with E-state index in [2.05, 4.69) is 16.8 Å². The number of hydrogen-bond acceptors (Lipinski definition) is 5. The lowest BCUT2D eigenvalue weighted by Gasteiger charge is -2.29. The van der Waals surface area contributed by atoms with Gasteiger partial charge in [0.15, 0.2) is 0 Å². The summed E-state index contributed by atoms with van der Waals surface area (Å²) in [5, 5.41) is 2.64. The molecule has 3 aliphatic rings. The van der Waals surface area contributed by atoms with E-state index in [1.807, 2.05) is 0 Å². The Morgan fingerprint density at radius 1 is 1.11 bits per heavy atom. The fourth-order valence-electron chi connectivity index (χ4n) is 4.15. The molecule has 0 aromatic heterocycles. The molecule has 3 amide bonds. The number of hydrogen-bond donors (Lipinski definition) is 1. The number of imide groups is 1. The van der Waals surface area contributed by atoms with Gasteiger partial charge in [-0.3, -0.25) is 24.2 Å². The average Bonchev–Trinajstić information content (AvgIpc) is 2.94. The van der Waals surface area contributed by atoms with Gasteiger partial charge in [-0.05, 0) is 50.9 Å². The molecule has 7 nitrogen and oxygen atoms in total. The first-order valence-electron chi connectivity index (χ1n) is 9.91. The van der Waals surface area contributed by atoms with Crippen molar-refractivity contribution in [1.29, 1.82) is 0 Å². The van der Waals surface area contributed by atoms with Crippen molar-refractivity contribution in [3.63, 3.8) is 0 Å². The van der Waals surface area contributed by atoms with Gasteiger partial charge in [-0.2, -0.15) is 0 Å². The number of carbonyl (C=O) groups excluding carboxylic acids is 3. The van der Waals surface area contributed by atoms with Crippen LogP contribution in [0, 0.1) is 0 Å². The van der Waals surface area contributed by atoms with E-state index < -0.39 is 17.9 Å². The topological polar surface area (TPSA) is 79.0 Å². The molecule has 7 heteroatoms. The van der Waals surface area contributed by atoms with Crippen molar-refractivity contribution in [2.75, 3.05) is 26.2 Å². The molecule has 28 heavy (non-hydrogen) atoms. The summed E-state index contributed by atoms with van der Waals surface area (Å²) in [4.78, 5) is 41.6. The number of piperidine rings is 2. The number of rotatable bonds is 5. The zero-order valence-corrected chi connectivity index (χ0v) is 15.9. The molecule has 0 saturated carbocycles. The Hall–Kier alpha value is -2.67. The largest absolute Gasteiger partial charge is 0.491 e. The Kier molecular flexibility index (Phi) is 5.17. The standard InChI is InChI=1S/C21H25N3O4/c1-14-8-9-16(19(25)22-14)24-20(26)15-6-5-7-17(18(15)21(24)27)28-13-12-23-10-3-2-4-11-23/h5-7,16H,1-4,8-13H2,(H,22,25). The summed E-state index contributed by atoms with van der Waals surface area (Å²) in [6.45, 7) is 7.15. The summed E-state index contributed by atoms with van der Waals surface area (Å²) < 4.78 is 5.89. The Morgan fingerprint density at radius 2 is 1.89 bits per heavy atom. The first kappa shape index (κ1) is 18.7. The van der Waals surface area contributed by atoms with Crippen LogP contribution in [0.15, 0.2) is 30.5 Å². The quantitative estimate of drug-likeness (QED) is 0.786. The minimum atomic E-state index is -0.806. The van der Waals surface area contributed by atoms with Gasteiger partial charge in [0, 0.05) is 12.2 Å². The average molecular weight is 383 g/mol. The lowest BCUT2D eigenvalue weighted by molar-refractivity contribution is -0.125. The van der Waals surface area contributed by atoms with Crippen molar-refractivity contribution in [2.24, 2.45) is 0 Å². The van der Waals surface area contributed by atoms with E-state index in [4.69, 9.17) is 4.74 Å². The highest BCUT2D eigenvalue weighted by Gasteiger charge is 2.45. The Morgan fingerprint density at radius 3 is 2.64 bits per heavy atom. The smallest absolute Gasteiger partial charge is 0.266 e. The highest BCUT2D eigenvalue weighted by molar-refractivity contribution is 6.24. The second-order valence-corrected chi connectivity index (χ2v) is 7.56. The molecule has 2 saturated heterocycles. The molecule has 148 valence electrons. The third-order valence-electron chi connectivity index (χ3n) is 5.66. The zero-order chi connectivity index (χ0) is 19.7. The van der Waals surface area contributed by atoms with E-state index >= 15 is 0 Å². The Balaban J connectivity index is 1.49. The van der Waals surface area contributed by atoms with Gasteiger partial charge in [0.2, 0.25) is 5.91 Å². The molecule has 1 aromatic carbocycles.